The maximum absolute atomic E-state index is 12.2. The summed E-state index contributed by atoms with van der Waals surface area (Å²) in [5.74, 6) is 0. The van der Waals surface area contributed by atoms with E-state index in [0.717, 1.165) is 71.0 Å². The summed E-state index contributed by atoms with van der Waals surface area (Å²) in [5, 5.41) is 3.38. The highest BCUT2D eigenvalue weighted by Gasteiger charge is 2.22. The second-order valence-corrected chi connectivity index (χ2v) is 6.46. The quantitative estimate of drug-likeness (QED) is 0.866. The van der Waals surface area contributed by atoms with Crippen LogP contribution in [0.3, 0.4) is 0 Å². The first-order chi connectivity index (χ1) is 11.8. The minimum Gasteiger partial charge on any atom is -0.445 e. The largest absolute Gasteiger partial charge is 0.445 e. The van der Waals surface area contributed by atoms with Crippen molar-refractivity contribution in [2.75, 3.05) is 65.4 Å². The van der Waals surface area contributed by atoms with E-state index in [-0.39, 0.29) is 6.09 Å². The molecule has 2 heterocycles. The minimum absolute atomic E-state index is 0.194. The average molecular weight is 332 g/mol. The van der Waals surface area contributed by atoms with Crippen molar-refractivity contribution in [1.82, 2.24) is 20.0 Å². The fourth-order valence-electron chi connectivity index (χ4n) is 3.18. The minimum atomic E-state index is -0.194. The Morgan fingerprint density at radius 3 is 2.21 bits per heavy atom. The molecule has 1 aromatic rings. The summed E-state index contributed by atoms with van der Waals surface area (Å²) in [6.45, 7) is 10.4. The summed E-state index contributed by atoms with van der Waals surface area (Å²) in [6.07, 6.45) is -0.194. The molecule has 6 nitrogen and oxygen atoms in total. The molecule has 1 N–H and O–H groups in total. The van der Waals surface area contributed by atoms with Crippen LogP contribution in [-0.4, -0.2) is 86.2 Å². The van der Waals surface area contributed by atoms with Gasteiger partial charge in [-0.1, -0.05) is 30.3 Å². The smallest absolute Gasteiger partial charge is 0.410 e. The molecule has 2 saturated heterocycles. The number of hydrogen-bond donors (Lipinski definition) is 1. The number of amides is 1. The number of piperazine rings is 2. The molecule has 24 heavy (non-hydrogen) atoms. The van der Waals surface area contributed by atoms with E-state index in [4.69, 9.17) is 4.74 Å². The molecule has 0 radical (unpaired) electrons. The third-order valence-corrected chi connectivity index (χ3v) is 4.78. The first-order valence-electron chi connectivity index (χ1n) is 8.92. The predicted octanol–water partition coefficient (Wildman–Crippen LogP) is 0.846. The summed E-state index contributed by atoms with van der Waals surface area (Å²) in [6, 6.07) is 9.83. The Morgan fingerprint density at radius 1 is 0.917 bits per heavy atom. The van der Waals surface area contributed by atoms with Crippen LogP contribution in [0.1, 0.15) is 5.56 Å². The molecular formula is C18H28N4O2. The van der Waals surface area contributed by atoms with Gasteiger partial charge < -0.3 is 15.0 Å². The summed E-state index contributed by atoms with van der Waals surface area (Å²) in [4.78, 5) is 18.9. The number of nitrogens with one attached hydrogen (secondary N) is 1. The number of benzene rings is 1. The molecule has 2 aliphatic heterocycles. The van der Waals surface area contributed by atoms with Crippen LogP contribution in [0.25, 0.3) is 0 Å². The molecule has 0 bridgehead atoms. The van der Waals surface area contributed by atoms with Gasteiger partial charge in [-0.2, -0.15) is 0 Å². The van der Waals surface area contributed by atoms with Crippen LogP contribution in [0.5, 0.6) is 0 Å². The Labute approximate surface area is 144 Å². The molecule has 3 rings (SSSR count). The van der Waals surface area contributed by atoms with Crippen molar-refractivity contribution in [3.63, 3.8) is 0 Å². The van der Waals surface area contributed by atoms with Crippen molar-refractivity contribution in [2.24, 2.45) is 0 Å². The molecule has 0 saturated carbocycles. The number of ether oxygens (including phenoxy) is 1. The van der Waals surface area contributed by atoms with Gasteiger partial charge in [-0.05, 0) is 5.56 Å². The number of carbonyl (C=O) groups excluding carboxylic acids is 1. The highest BCUT2D eigenvalue weighted by molar-refractivity contribution is 5.67. The number of hydrogen-bond acceptors (Lipinski definition) is 5. The van der Waals surface area contributed by atoms with Crippen molar-refractivity contribution >= 4 is 6.09 Å². The summed E-state index contributed by atoms with van der Waals surface area (Å²) >= 11 is 0. The van der Waals surface area contributed by atoms with Gasteiger partial charge in [0.15, 0.2) is 0 Å². The molecule has 1 aromatic carbocycles. The van der Waals surface area contributed by atoms with Crippen LogP contribution < -0.4 is 5.32 Å². The van der Waals surface area contributed by atoms with Gasteiger partial charge in [0.1, 0.15) is 6.61 Å². The second-order valence-electron chi connectivity index (χ2n) is 6.46. The van der Waals surface area contributed by atoms with Crippen LogP contribution in [-0.2, 0) is 11.3 Å². The number of carbonyl (C=O) groups is 1. The second kappa shape index (κ2) is 9.01. The van der Waals surface area contributed by atoms with E-state index >= 15 is 0 Å². The van der Waals surface area contributed by atoms with Crippen molar-refractivity contribution in [1.29, 1.82) is 0 Å². The highest BCUT2D eigenvalue weighted by atomic mass is 16.6. The molecule has 0 unspecified atom stereocenters. The van der Waals surface area contributed by atoms with Crippen LogP contribution in [0, 0.1) is 0 Å². The molecule has 2 fully saturated rings. The molecule has 0 aromatic heterocycles. The number of nitrogens with zero attached hydrogens (tertiary/aromatic N) is 3. The zero-order valence-corrected chi connectivity index (χ0v) is 14.3. The van der Waals surface area contributed by atoms with E-state index in [2.05, 4.69) is 15.1 Å². The Bertz CT molecular complexity index is 497. The zero-order valence-electron chi connectivity index (χ0n) is 14.3. The highest BCUT2D eigenvalue weighted by Crippen LogP contribution is 2.07. The van der Waals surface area contributed by atoms with Gasteiger partial charge in [0.2, 0.25) is 0 Å². The van der Waals surface area contributed by atoms with Gasteiger partial charge in [-0.3, -0.25) is 9.80 Å². The first kappa shape index (κ1) is 17.2. The van der Waals surface area contributed by atoms with Crippen LogP contribution in [0.4, 0.5) is 4.79 Å². The van der Waals surface area contributed by atoms with Gasteiger partial charge in [0, 0.05) is 65.4 Å². The van der Waals surface area contributed by atoms with Crippen molar-refractivity contribution in [3.05, 3.63) is 35.9 Å². The summed E-state index contributed by atoms with van der Waals surface area (Å²) in [7, 11) is 0. The fourth-order valence-corrected chi connectivity index (χ4v) is 3.18. The summed E-state index contributed by atoms with van der Waals surface area (Å²) < 4.78 is 5.41. The lowest BCUT2D eigenvalue weighted by Gasteiger charge is -2.36. The Morgan fingerprint density at radius 2 is 1.54 bits per heavy atom. The van der Waals surface area contributed by atoms with Gasteiger partial charge in [0.05, 0.1) is 0 Å². The molecule has 2 aliphatic rings. The zero-order chi connectivity index (χ0) is 16.6. The molecule has 0 spiro atoms. The Hall–Kier alpha value is -1.63. The standard InChI is InChI=1S/C18H28N4O2/c23-18(24-16-17-4-2-1-3-5-17)22-14-12-21(13-15-22)11-10-20-8-6-19-7-9-20/h1-5,19H,6-16H2. The fraction of sp³-hybridized carbons (Fsp3) is 0.611. The van der Waals surface area contributed by atoms with Crippen molar-refractivity contribution in [2.45, 2.75) is 6.61 Å². The monoisotopic (exact) mass is 332 g/mol. The van der Waals surface area contributed by atoms with E-state index < -0.39 is 0 Å². The normalized spacial score (nSPS) is 20.1. The Kier molecular flexibility index (Phi) is 6.46. The maximum atomic E-state index is 12.2. The van der Waals surface area contributed by atoms with E-state index in [1.807, 2.05) is 35.2 Å². The van der Waals surface area contributed by atoms with Gasteiger partial charge in [-0.25, -0.2) is 4.79 Å². The maximum Gasteiger partial charge on any atom is 0.410 e. The molecule has 132 valence electrons. The third kappa shape index (κ3) is 5.19. The molecule has 1 amide bonds. The van der Waals surface area contributed by atoms with Gasteiger partial charge in [-0.15, -0.1) is 0 Å². The van der Waals surface area contributed by atoms with Crippen molar-refractivity contribution < 1.29 is 9.53 Å². The van der Waals surface area contributed by atoms with Crippen LogP contribution >= 0.6 is 0 Å². The Balaban J connectivity index is 1.33. The average Bonchev–Trinajstić information content (AvgIpc) is 2.66. The SMILES string of the molecule is O=C(OCc1ccccc1)N1CCN(CCN2CCNCC2)CC1. The lowest BCUT2D eigenvalue weighted by molar-refractivity contribution is 0.0684. The number of rotatable bonds is 5. The predicted molar refractivity (Wildman–Crippen MR) is 93.9 cm³/mol. The third-order valence-electron chi connectivity index (χ3n) is 4.78. The molecular weight excluding hydrogens is 304 g/mol. The van der Waals surface area contributed by atoms with E-state index in [1.165, 1.54) is 0 Å². The topological polar surface area (TPSA) is 48.1 Å². The van der Waals surface area contributed by atoms with E-state index in [9.17, 15) is 4.79 Å². The lowest BCUT2D eigenvalue weighted by Crippen LogP contribution is -2.51. The summed E-state index contributed by atoms with van der Waals surface area (Å²) in [5.41, 5.74) is 1.03. The van der Waals surface area contributed by atoms with Gasteiger partial charge >= 0.3 is 6.09 Å². The van der Waals surface area contributed by atoms with Crippen LogP contribution in [0.15, 0.2) is 30.3 Å². The molecule has 0 aliphatic carbocycles. The van der Waals surface area contributed by atoms with Crippen molar-refractivity contribution in [3.8, 4) is 0 Å². The lowest BCUT2D eigenvalue weighted by atomic mass is 10.2. The first-order valence-corrected chi connectivity index (χ1v) is 8.92. The van der Waals surface area contributed by atoms with Crippen LogP contribution in [0.2, 0.25) is 0 Å². The molecule has 0 atom stereocenters. The van der Waals surface area contributed by atoms with E-state index in [0.29, 0.717) is 6.61 Å². The van der Waals surface area contributed by atoms with E-state index in [1.54, 1.807) is 0 Å². The van der Waals surface area contributed by atoms with Gasteiger partial charge in [0.25, 0.3) is 0 Å². The molecule has 6 heteroatoms.